The van der Waals surface area contributed by atoms with Gasteiger partial charge in [-0.2, -0.15) is 0 Å². The van der Waals surface area contributed by atoms with Crippen molar-refractivity contribution in [3.8, 4) is 0 Å². The van der Waals surface area contributed by atoms with Crippen LogP contribution in [0.1, 0.15) is 30.1 Å². The molecule has 17 heavy (non-hydrogen) atoms. The molecule has 0 aliphatic carbocycles. The van der Waals surface area contributed by atoms with E-state index < -0.39 is 5.91 Å². The van der Waals surface area contributed by atoms with Gasteiger partial charge in [0.25, 0.3) is 5.91 Å². The average Bonchev–Trinajstić information content (AvgIpc) is 2.25. The van der Waals surface area contributed by atoms with Gasteiger partial charge < -0.3 is 0 Å². The number of carbonyl (C=O) groups is 2. The predicted molar refractivity (Wildman–Crippen MR) is 67.0 cm³/mol. The zero-order chi connectivity index (χ0) is 12.8. The number of hydrogen-bond donors (Lipinski definition) is 2. The van der Waals surface area contributed by atoms with Gasteiger partial charge in [0.2, 0.25) is 5.91 Å². The second-order valence-corrected chi connectivity index (χ2v) is 4.28. The average molecular weight is 275 g/mol. The Morgan fingerprint density at radius 1 is 1.12 bits per heavy atom. The summed E-state index contributed by atoms with van der Waals surface area (Å²) in [5.74, 6) is -0.701. The van der Waals surface area contributed by atoms with Crippen LogP contribution in [0.2, 0.25) is 10.0 Å². The monoisotopic (exact) mass is 274 g/mol. The van der Waals surface area contributed by atoms with Crippen molar-refractivity contribution in [3.63, 3.8) is 0 Å². The molecular formula is C11H12Cl2N2O2. The van der Waals surface area contributed by atoms with E-state index in [1.165, 1.54) is 18.2 Å². The molecule has 92 valence electrons. The van der Waals surface area contributed by atoms with Crippen molar-refractivity contribution in [2.75, 3.05) is 0 Å². The number of halogens is 2. The third-order valence-corrected chi connectivity index (χ3v) is 2.35. The smallest absolute Gasteiger partial charge is 0.269 e. The fourth-order valence-corrected chi connectivity index (χ4v) is 1.70. The zero-order valence-electron chi connectivity index (χ0n) is 9.22. The number of rotatable bonds is 3. The Hall–Kier alpha value is -1.26. The molecule has 1 aromatic carbocycles. The van der Waals surface area contributed by atoms with Crippen molar-refractivity contribution in [1.82, 2.24) is 10.9 Å². The van der Waals surface area contributed by atoms with E-state index in [0.717, 1.165) is 0 Å². The van der Waals surface area contributed by atoms with E-state index in [1.54, 1.807) is 0 Å². The summed E-state index contributed by atoms with van der Waals surface area (Å²) >= 11 is 11.5. The number of hydrazine groups is 1. The van der Waals surface area contributed by atoms with Crippen LogP contribution in [0, 0.1) is 0 Å². The van der Waals surface area contributed by atoms with Gasteiger partial charge in [0, 0.05) is 22.0 Å². The first-order valence-electron chi connectivity index (χ1n) is 5.08. The van der Waals surface area contributed by atoms with Gasteiger partial charge >= 0.3 is 0 Å². The highest BCUT2D eigenvalue weighted by molar-refractivity contribution is 6.35. The van der Waals surface area contributed by atoms with Gasteiger partial charge in [-0.15, -0.1) is 0 Å². The normalized spacial score (nSPS) is 9.82. The van der Waals surface area contributed by atoms with E-state index in [9.17, 15) is 9.59 Å². The Balaban J connectivity index is 2.61. The van der Waals surface area contributed by atoms with Crippen molar-refractivity contribution in [3.05, 3.63) is 33.8 Å². The standard InChI is InChI=1S/C11H12Cl2N2O2/c1-2-3-10(16)14-15-11(17)7-4-8(12)6-9(13)5-7/h4-6H,2-3H2,1H3,(H,14,16)(H,15,17). The Labute approximate surface area is 109 Å². The summed E-state index contributed by atoms with van der Waals surface area (Å²) in [5.41, 5.74) is 4.87. The van der Waals surface area contributed by atoms with Gasteiger partial charge in [-0.3, -0.25) is 20.4 Å². The molecule has 0 aliphatic rings. The SMILES string of the molecule is CCCC(=O)NNC(=O)c1cc(Cl)cc(Cl)c1. The van der Waals surface area contributed by atoms with Crippen LogP contribution >= 0.6 is 23.2 Å². The maximum atomic E-state index is 11.6. The van der Waals surface area contributed by atoms with Crippen molar-refractivity contribution < 1.29 is 9.59 Å². The molecule has 1 rings (SSSR count). The van der Waals surface area contributed by atoms with Crippen LogP contribution in [-0.2, 0) is 4.79 Å². The molecule has 4 nitrogen and oxygen atoms in total. The summed E-state index contributed by atoms with van der Waals surface area (Å²) in [7, 11) is 0. The molecular weight excluding hydrogens is 263 g/mol. The van der Waals surface area contributed by atoms with Crippen LogP contribution < -0.4 is 10.9 Å². The molecule has 0 bridgehead atoms. The van der Waals surface area contributed by atoms with E-state index in [1.807, 2.05) is 6.92 Å². The fraction of sp³-hybridized carbons (Fsp3) is 0.273. The van der Waals surface area contributed by atoms with Crippen LogP contribution in [0.15, 0.2) is 18.2 Å². The number of benzene rings is 1. The molecule has 0 radical (unpaired) electrons. The molecule has 0 fully saturated rings. The first-order valence-corrected chi connectivity index (χ1v) is 5.83. The largest absolute Gasteiger partial charge is 0.273 e. The first-order chi connectivity index (χ1) is 8.02. The van der Waals surface area contributed by atoms with E-state index in [-0.39, 0.29) is 5.91 Å². The molecule has 2 N–H and O–H groups in total. The van der Waals surface area contributed by atoms with Crippen LogP contribution in [0.25, 0.3) is 0 Å². The topological polar surface area (TPSA) is 58.2 Å². The minimum absolute atomic E-state index is 0.242. The molecule has 0 heterocycles. The Kier molecular flexibility index (Phi) is 5.25. The van der Waals surface area contributed by atoms with Gasteiger partial charge in [-0.25, -0.2) is 0 Å². The lowest BCUT2D eigenvalue weighted by atomic mass is 10.2. The molecule has 0 unspecified atom stereocenters. The van der Waals surface area contributed by atoms with Gasteiger partial charge in [0.15, 0.2) is 0 Å². The molecule has 2 amide bonds. The Morgan fingerprint density at radius 3 is 2.24 bits per heavy atom. The second kappa shape index (κ2) is 6.47. The maximum absolute atomic E-state index is 11.6. The molecule has 0 aromatic heterocycles. The fourth-order valence-electron chi connectivity index (χ4n) is 1.17. The van der Waals surface area contributed by atoms with Crippen LogP contribution in [-0.4, -0.2) is 11.8 Å². The number of amides is 2. The third-order valence-electron chi connectivity index (χ3n) is 1.92. The van der Waals surface area contributed by atoms with Gasteiger partial charge in [0.1, 0.15) is 0 Å². The summed E-state index contributed by atoms with van der Waals surface area (Å²) in [6, 6.07) is 4.46. The highest BCUT2D eigenvalue weighted by atomic mass is 35.5. The van der Waals surface area contributed by atoms with Crippen molar-refractivity contribution >= 4 is 35.0 Å². The van der Waals surface area contributed by atoms with Crippen molar-refractivity contribution in [2.24, 2.45) is 0 Å². The van der Waals surface area contributed by atoms with E-state index in [4.69, 9.17) is 23.2 Å². The summed E-state index contributed by atoms with van der Waals surface area (Å²) in [6.07, 6.45) is 1.07. The quantitative estimate of drug-likeness (QED) is 0.833. The highest BCUT2D eigenvalue weighted by Gasteiger charge is 2.08. The summed E-state index contributed by atoms with van der Waals surface area (Å²) in [5, 5.41) is 0.727. The van der Waals surface area contributed by atoms with Gasteiger partial charge in [-0.1, -0.05) is 30.1 Å². The highest BCUT2D eigenvalue weighted by Crippen LogP contribution is 2.18. The zero-order valence-corrected chi connectivity index (χ0v) is 10.7. The molecule has 0 aliphatic heterocycles. The number of carbonyl (C=O) groups excluding carboxylic acids is 2. The van der Waals surface area contributed by atoms with E-state index >= 15 is 0 Å². The summed E-state index contributed by atoms with van der Waals surface area (Å²) in [6.45, 7) is 1.87. The maximum Gasteiger partial charge on any atom is 0.269 e. The second-order valence-electron chi connectivity index (χ2n) is 3.41. The van der Waals surface area contributed by atoms with Crippen LogP contribution in [0.4, 0.5) is 0 Å². The molecule has 0 spiro atoms. The van der Waals surface area contributed by atoms with Crippen molar-refractivity contribution in [2.45, 2.75) is 19.8 Å². The Morgan fingerprint density at radius 2 is 1.71 bits per heavy atom. The molecule has 0 saturated heterocycles. The molecule has 6 heteroatoms. The van der Waals surface area contributed by atoms with E-state index in [2.05, 4.69) is 10.9 Å². The van der Waals surface area contributed by atoms with E-state index in [0.29, 0.717) is 28.5 Å². The lowest BCUT2D eigenvalue weighted by Crippen LogP contribution is -2.41. The molecule has 0 saturated carbocycles. The third kappa shape index (κ3) is 4.63. The Bertz CT molecular complexity index is 415. The number of nitrogens with one attached hydrogen (secondary N) is 2. The number of hydrogen-bond acceptors (Lipinski definition) is 2. The molecule has 1 aromatic rings. The molecule has 0 atom stereocenters. The van der Waals surface area contributed by atoms with Gasteiger partial charge in [0.05, 0.1) is 0 Å². The lowest BCUT2D eigenvalue weighted by Gasteiger charge is -2.07. The van der Waals surface area contributed by atoms with Gasteiger partial charge in [-0.05, 0) is 24.6 Å². The lowest BCUT2D eigenvalue weighted by molar-refractivity contribution is -0.121. The predicted octanol–water partition coefficient (Wildman–Crippen LogP) is 2.55. The van der Waals surface area contributed by atoms with Crippen molar-refractivity contribution in [1.29, 1.82) is 0 Å². The minimum Gasteiger partial charge on any atom is -0.273 e. The van der Waals surface area contributed by atoms with Crippen LogP contribution in [0.5, 0.6) is 0 Å². The summed E-state index contributed by atoms with van der Waals surface area (Å²) < 4.78 is 0. The van der Waals surface area contributed by atoms with Crippen LogP contribution in [0.3, 0.4) is 0 Å². The summed E-state index contributed by atoms with van der Waals surface area (Å²) in [4.78, 5) is 22.7. The first kappa shape index (κ1) is 13.8. The minimum atomic E-state index is -0.459.